The van der Waals surface area contributed by atoms with Crippen molar-refractivity contribution in [3.63, 3.8) is 0 Å². The van der Waals surface area contributed by atoms with E-state index >= 15 is 0 Å². The first-order valence-corrected chi connectivity index (χ1v) is 11.9. The summed E-state index contributed by atoms with van der Waals surface area (Å²) in [6.45, 7) is 9.31. The van der Waals surface area contributed by atoms with Crippen LogP contribution in [0.4, 0.5) is 0 Å². The number of Topliss-reactive ketones (excluding diaryl/α,β-unsaturated/α-hetero) is 1. The van der Waals surface area contributed by atoms with Gasteiger partial charge in [-0.3, -0.25) is 14.4 Å². The van der Waals surface area contributed by atoms with E-state index < -0.39 is 5.60 Å². The van der Waals surface area contributed by atoms with Gasteiger partial charge in [0.15, 0.2) is 11.4 Å². The lowest BCUT2D eigenvalue weighted by Gasteiger charge is -2.61. The smallest absolute Gasteiger partial charge is 0.303 e. The van der Waals surface area contributed by atoms with E-state index in [1.807, 2.05) is 0 Å². The third-order valence-corrected chi connectivity index (χ3v) is 9.91. The van der Waals surface area contributed by atoms with E-state index in [2.05, 4.69) is 13.8 Å². The number of ketones is 1. The fourth-order valence-electron chi connectivity index (χ4n) is 8.34. The Balaban J connectivity index is 1.56. The Labute approximate surface area is 180 Å². The molecule has 0 bridgehead atoms. The van der Waals surface area contributed by atoms with Crippen LogP contribution in [0, 0.1) is 34.5 Å². The highest BCUT2D eigenvalue weighted by Crippen LogP contribution is 2.67. The van der Waals surface area contributed by atoms with E-state index in [9.17, 15) is 14.4 Å². The second-order valence-corrected chi connectivity index (χ2v) is 11.2. The highest BCUT2D eigenvalue weighted by atomic mass is 16.6. The highest BCUT2D eigenvalue weighted by Gasteiger charge is 2.63. The van der Waals surface area contributed by atoms with Crippen molar-refractivity contribution in [2.24, 2.45) is 34.5 Å². The van der Waals surface area contributed by atoms with Gasteiger partial charge in [0.05, 0.1) is 0 Å². The molecule has 4 rings (SSSR count). The molecule has 4 saturated carbocycles. The van der Waals surface area contributed by atoms with Crippen LogP contribution in [0.25, 0.3) is 0 Å². The second kappa shape index (κ2) is 7.34. The van der Waals surface area contributed by atoms with Crippen LogP contribution in [0.2, 0.25) is 0 Å². The van der Waals surface area contributed by atoms with Gasteiger partial charge in [-0.25, -0.2) is 0 Å². The third kappa shape index (κ3) is 3.22. The molecule has 0 unspecified atom stereocenters. The molecule has 4 fully saturated rings. The predicted molar refractivity (Wildman–Crippen MR) is 112 cm³/mol. The summed E-state index contributed by atoms with van der Waals surface area (Å²) in [4.78, 5) is 35.9. The van der Waals surface area contributed by atoms with E-state index in [0.717, 1.165) is 32.1 Å². The summed E-state index contributed by atoms with van der Waals surface area (Å²) in [6.07, 6.45) is 9.03. The Hall–Kier alpha value is -1.39. The Morgan fingerprint density at radius 1 is 0.767 bits per heavy atom. The van der Waals surface area contributed by atoms with Crippen LogP contribution in [0.3, 0.4) is 0 Å². The molecule has 0 aromatic carbocycles. The minimum atomic E-state index is -0.917. The molecule has 0 aromatic rings. The average Bonchev–Trinajstić information content (AvgIpc) is 2.97. The molecule has 0 aliphatic heterocycles. The number of fused-ring (bicyclic) bond motifs is 5. The van der Waals surface area contributed by atoms with Crippen LogP contribution in [-0.2, 0) is 23.9 Å². The predicted octanol–water partition coefficient (Wildman–Crippen LogP) is 4.85. The standard InChI is InChI=1S/C25H38O5/c1-15(26)25(30-17(3)28)13-12-23(4)18(14-25)6-7-19-20-8-9-22(29-16(2)27)24(20,5)11-10-21(19)23/h18-22H,6-14H2,1-5H3/t18-,19+,20+,21-,22-,23-,24-,25-/m0/s1. The lowest BCUT2D eigenvalue weighted by Crippen LogP contribution is -2.58. The summed E-state index contributed by atoms with van der Waals surface area (Å²) in [6, 6.07) is 0. The quantitative estimate of drug-likeness (QED) is 0.613. The van der Waals surface area contributed by atoms with E-state index in [4.69, 9.17) is 9.47 Å². The van der Waals surface area contributed by atoms with E-state index in [1.165, 1.54) is 26.7 Å². The van der Waals surface area contributed by atoms with Gasteiger partial charge in [0, 0.05) is 19.3 Å². The van der Waals surface area contributed by atoms with Crippen LogP contribution in [0.15, 0.2) is 0 Å². The van der Waals surface area contributed by atoms with Crippen molar-refractivity contribution in [2.75, 3.05) is 0 Å². The zero-order valence-electron chi connectivity index (χ0n) is 19.3. The first kappa shape index (κ1) is 21.8. The van der Waals surface area contributed by atoms with Crippen molar-refractivity contribution in [3.05, 3.63) is 0 Å². The number of carbonyl (C=O) groups is 3. The molecule has 0 heterocycles. The SMILES string of the molecule is CC(=O)O[C@H]1CC[C@@H]2[C@H]3CC[C@H]4C[C@](OC(C)=O)(C(C)=O)CC[C@]4(C)[C@H]3CC[C@]12C. The van der Waals surface area contributed by atoms with Crippen molar-refractivity contribution in [1.82, 2.24) is 0 Å². The van der Waals surface area contributed by atoms with Crippen LogP contribution in [0.5, 0.6) is 0 Å². The Morgan fingerprint density at radius 2 is 1.47 bits per heavy atom. The molecular weight excluding hydrogens is 380 g/mol. The number of rotatable bonds is 3. The maximum Gasteiger partial charge on any atom is 0.303 e. The van der Waals surface area contributed by atoms with Crippen LogP contribution < -0.4 is 0 Å². The fourth-order valence-corrected chi connectivity index (χ4v) is 8.34. The van der Waals surface area contributed by atoms with Gasteiger partial charge >= 0.3 is 11.9 Å². The summed E-state index contributed by atoms with van der Waals surface area (Å²) < 4.78 is 11.4. The van der Waals surface area contributed by atoms with Gasteiger partial charge in [-0.15, -0.1) is 0 Å². The molecular formula is C25H38O5. The number of hydrogen-bond donors (Lipinski definition) is 0. The number of esters is 2. The molecule has 0 spiro atoms. The lowest BCUT2D eigenvalue weighted by atomic mass is 9.44. The Kier molecular flexibility index (Phi) is 5.34. The molecule has 4 aliphatic carbocycles. The Morgan fingerprint density at radius 3 is 2.10 bits per heavy atom. The minimum absolute atomic E-state index is 0.00175. The maximum absolute atomic E-state index is 12.5. The van der Waals surface area contributed by atoms with Crippen LogP contribution in [-0.4, -0.2) is 29.4 Å². The van der Waals surface area contributed by atoms with Crippen molar-refractivity contribution in [2.45, 2.75) is 104 Å². The van der Waals surface area contributed by atoms with Gasteiger partial charge in [0.2, 0.25) is 0 Å². The molecule has 0 radical (unpaired) electrons. The zero-order valence-corrected chi connectivity index (χ0v) is 19.3. The van der Waals surface area contributed by atoms with Crippen molar-refractivity contribution in [1.29, 1.82) is 0 Å². The molecule has 4 aliphatic rings. The van der Waals surface area contributed by atoms with E-state index in [-0.39, 0.29) is 34.7 Å². The molecule has 5 heteroatoms. The second-order valence-electron chi connectivity index (χ2n) is 11.2. The normalized spacial score (nSPS) is 47.4. The zero-order chi connectivity index (χ0) is 21.9. The molecule has 30 heavy (non-hydrogen) atoms. The molecule has 8 atom stereocenters. The van der Waals surface area contributed by atoms with Gasteiger partial charge in [0.25, 0.3) is 0 Å². The first-order chi connectivity index (χ1) is 14.0. The largest absolute Gasteiger partial charge is 0.462 e. The molecule has 5 nitrogen and oxygen atoms in total. The topological polar surface area (TPSA) is 69.7 Å². The number of hydrogen-bond acceptors (Lipinski definition) is 5. The van der Waals surface area contributed by atoms with Crippen LogP contribution in [0.1, 0.15) is 92.4 Å². The van der Waals surface area contributed by atoms with E-state index in [1.54, 1.807) is 6.92 Å². The summed E-state index contributed by atoms with van der Waals surface area (Å²) in [5.41, 5.74) is -0.617. The van der Waals surface area contributed by atoms with Gasteiger partial charge < -0.3 is 9.47 Å². The molecule has 0 amide bonds. The first-order valence-electron chi connectivity index (χ1n) is 11.9. The van der Waals surface area contributed by atoms with Crippen LogP contribution >= 0.6 is 0 Å². The maximum atomic E-state index is 12.5. The number of carbonyl (C=O) groups excluding carboxylic acids is 3. The van der Waals surface area contributed by atoms with Gasteiger partial charge in [-0.1, -0.05) is 13.8 Å². The summed E-state index contributed by atoms with van der Waals surface area (Å²) in [5.74, 6) is 1.85. The fraction of sp³-hybridized carbons (Fsp3) is 0.880. The van der Waals surface area contributed by atoms with Gasteiger partial charge in [-0.2, -0.15) is 0 Å². The molecule has 0 N–H and O–H groups in total. The van der Waals surface area contributed by atoms with E-state index in [0.29, 0.717) is 36.5 Å². The van der Waals surface area contributed by atoms with Gasteiger partial charge in [0.1, 0.15) is 6.10 Å². The summed E-state index contributed by atoms with van der Waals surface area (Å²) >= 11 is 0. The summed E-state index contributed by atoms with van der Waals surface area (Å²) in [7, 11) is 0. The van der Waals surface area contributed by atoms with Gasteiger partial charge in [-0.05, 0) is 93.8 Å². The van der Waals surface area contributed by atoms with Crippen molar-refractivity contribution < 1.29 is 23.9 Å². The third-order valence-electron chi connectivity index (χ3n) is 9.91. The molecule has 0 saturated heterocycles. The van der Waals surface area contributed by atoms with Crippen molar-refractivity contribution in [3.8, 4) is 0 Å². The average molecular weight is 419 g/mol. The number of ether oxygens (including phenoxy) is 2. The lowest BCUT2D eigenvalue weighted by molar-refractivity contribution is -0.188. The molecule has 168 valence electrons. The monoisotopic (exact) mass is 418 g/mol. The highest BCUT2D eigenvalue weighted by molar-refractivity contribution is 5.87. The molecule has 0 aromatic heterocycles. The van der Waals surface area contributed by atoms with Crippen molar-refractivity contribution >= 4 is 17.7 Å². The summed E-state index contributed by atoms with van der Waals surface area (Å²) in [5, 5.41) is 0. The minimum Gasteiger partial charge on any atom is -0.462 e. The Bertz CT molecular complexity index is 746.